The van der Waals surface area contributed by atoms with Crippen LogP contribution in [0.5, 0.6) is 17.2 Å². The number of ketones is 1. The van der Waals surface area contributed by atoms with E-state index in [2.05, 4.69) is 25.7 Å². The van der Waals surface area contributed by atoms with Crippen molar-refractivity contribution >= 4 is 17.4 Å². The van der Waals surface area contributed by atoms with Crippen molar-refractivity contribution in [2.24, 2.45) is 0 Å². The minimum atomic E-state index is -0.768. The summed E-state index contributed by atoms with van der Waals surface area (Å²) in [4.78, 5) is 30.5. The van der Waals surface area contributed by atoms with Crippen LogP contribution in [0.4, 0.5) is 0 Å². The minimum absolute atomic E-state index is 0.0578. The molecule has 1 heterocycles. The van der Waals surface area contributed by atoms with E-state index in [0.717, 1.165) is 32.4 Å². The zero-order chi connectivity index (χ0) is 28.4. The highest BCUT2D eigenvalue weighted by Crippen LogP contribution is 2.42. The Hall–Kier alpha value is -3.52. The molecule has 1 unspecified atom stereocenters. The van der Waals surface area contributed by atoms with Crippen molar-refractivity contribution in [2.75, 3.05) is 46.5 Å². The van der Waals surface area contributed by atoms with Crippen LogP contribution in [-0.4, -0.2) is 73.1 Å². The molecule has 39 heavy (non-hydrogen) atoms. The fraction of sp³-hybridized carbons (Fsp3) is 0.484. The quantitative estimate of drug-likeness (QED) is 0.140. The zero-order valence-corrected chi connectivity index (χ0v) is 23.9. The molecule has 0 radical (unpaired) electrons. The third kappa shape index (κ3) is 7.12. The first-order valence-electron chi connectivity index (χ1n) is 13.9. The maximum absolute atomic E-state index is 13.4. The number of nitrogens with zero attached hydrogens (tertiary/aromatic N) is 2. The molecular weight excluding hydrogens is 496 g/mol. The molecule has 1 aliphatic rings. The number of unbranched alkanes of at least 4 members (excludes halogenated alkanes) is 2. The highest BCUT2D eigenvalue weighted by molar-refractivity contribution is 6.46. The number of aliphatic hydroxyl groups is 1. The Labute approximate surface area is 232 Å². The molecule has 0 saturated carbocycles. The van der Waals surface area contributed by atoms with Gasteiger partial charge in [-0.1, -0.05) is 39.7 Å². The molecule has 0 bridgehead atoms. The van der Waals surface area contributed by atoms with Crippen LogP contribution in [0.15, 0.2) is 48.0 Å². The molecule has 2 aromatic rings. The van der Waals surface area contributed by atoms with E-state index in [9.17, 15) is 14.7 Å². The van der Waals surface area contributed by atoms with Gasteiger partial charge in [-0.05, 0) is 68.4 Å². The summed E-state index contributed by atoms with van der Waals surface area (Å²) in [6, 6.07) is 11.5. The number of likely N-dealkylation sites (tertiary alicyclic amines) is 1. The van der Waals surface area contributed by atoms with Gasteiger partial charge in [-0.2, -0.15) is 0 Å². The molecule has 2 aromatic carbocycles. The summed E-state index contributed by atoms with van der Waals surface area (Å²) in [5.41, 5.74) is 1.16. The molecule has 212 valence electrons. The molecule has 1 aliphatic heterocycles. The van der Waals surface area contributed by atoms with E-state index in [-0.39, 0.29) is 11.3 Å². The van der Waals surface area contributed by atoms with Gasteiger partial charge in [0.25, 0.3) is 11.7 Å². The van der Waals surface area contributed by atoms with Crippen molar-refractivity contribution in [3.8, 4) is 17.2 Å². The van der Waals surface area contributed by atoms with Crippen molar-refractivity contribution in [1.29, 1.82) is 0 Å². The van der Waals surface area contributed by atoms with Gasteiger partial charge in [0.15, 0.2) is 11.5 Å². The average Bonchev–Trinajstić information content (AvgIpc) is 3.21. The number of Topliss-reactive ketones (excluding diaryl/α,β-unsaturated/α-hetero) is 1. The smallest absolute Gasteiger partial charge is 0.295 e. The Morgan fingerprint density at radius 1 is 0.949 bits per heavy atom. The van der Waals surface area contributed by atoms with Crippen LogP contribution in [0.3, 0.4) is 0 Å². The number of carbonyl (C=O) groups excluding carboxylic acids is 2. The number of carbonyl (C=O) groups is 2. The highest BCUT2D eigenvalue weighted by atomic mass is 16.5. The first-order chi connectivity index (χ1) is 18.9. The Morgan fingerprint density at radius 3 is 2.28 bits per heavy atom. The summed E-state index contributed by atoms with van der Waals surface area (Å²) in [7, 11) is 1.56. The van der Waals surface area contributed by atoms with E-state index >= 15 is 0 Å². The second-order valence-electron chi connectivity index (χ2n) is 9.44. The van der Waals surface area contributed by atoms with E-state index in [0.29, 0.717) is 54.7 Å². The number of aliphatic hydroxyl groups excluding tert-OH is 1. The third-order valence-electron chi connectivity index (χ3n) is 7.04. The van der Waals surface area contributed by atoms with E-state index in [1.165, 1.54) is 0 Å². The van der Waals surface area contributed by atoms with Crippen molar-refractivity contribution in [3.63, 3.8) is 0 Å². The Balaban J connectivity index is 2.05. The second-order valence-corrected chi connectivity index (χ2v) is 9.44. The van der Waals surface area contributed by atoms with E-state index in [1.54, 1.807) is 42.3 Å². The standard InChI is InChI=1S/C31H42N2O6/c1-6-10-11-20-39-25-17-14-23(21-26(25)37-5)28-27(29(34)22-12-15-24(16-13-22)38-9-4)30(35)31(36)33(28)19-18-32(7-2)8-3/h12-17,21,28,34H,6-11,18-20H2,1-5H3. The summed E-state index contributed by atoms with van der Waals surface area (Å²) in [5.74, 6) is 0.224. The summed E-state index contributed by atoms with van der Waals surface area (Å²) < 4.78 is 17.1. The number of hydrogen-bond donors (Lipinski definition) is 1. The lowest BCUT2D eigenvalue weighted by Crippen LogP contribution is -2.38. The number of ether oxygens (including phenoxy) is 3. The van der Waals surface area contributed by atoms with Crippen LogP contribution in [0.2, 0.25) is 0 Å². The maximum Gasteiger partial charge on any atom is 0.295 e. The van der Waals surface area contributed by atoms with Gasteiger partial charge in [0.1, 0.15) is 11.5 Å². The predicted molar refractivity (Wildman–Crippen MR) is 152 cm³/mol. The number of rotatable bonds is 15. The van der Waals surface area contributed by atoms with Crippen molar-refractivity contribution in [2.45, 2.75) is 53.0 Å². The number of methoxy groups -OCH3 is 1. The lowest BCUT2D eigenvalue weighted by Gasteiger charge is -2.28. The lowest BCUT2D eigenvalue weighted by molar-refractivity contribution is -0.140. The van der Waals surface area contributed by atoms with Crippen LogP contribution >= 0.6 is 0 Å². The van der Waals surface area contributed by atoms with E-state index < -0.39 is 17.7 Å². The summed E-state index contributed by atoms with van der Waals surface area (Å²) in [5, 5.41) is 11.4. The molecule has 8 nitrogen and oxygen atoms in total. The van der Waals surface area contributed by atoms with Crippen molar-refractivity contribution < 1.29 is 28.9 Å². The average molecular weight is 539 g/mol. The maximum atomic E-state index is 13.4. The van der Waals surface area contributed by atoms with Crippen LogP contribution in [0.1, 0.15) is 64.1 Å². The highest BCUT2D eigenvalue weighted by Gasteiger charge is 2.46. The monoisotopic (exact) mass is 538 g/mol. The molecule has 1 atom stereocenters. The van der Waals surface area contributed by atoms with Gasteiger partial charge >= 0.3 is 0 Å². The molecule has 1 N–H and O–H groups in total. The molecule has 1 amide bonds. The number of benzene rings is 2. The first-order valence-corrected chi connectivity index (χ1v) is 13.9. The largest absolute Gasteiger partial charge is 0.507 e. The van der Waals surface area contributed by atoms with Crippen molar-refractivity contribution in [1.82, 2.24) is 9.80 Å². The molecule has 1 fully saturated rings. The molecule has 3 rings (SSSR count). The van der Waals surface area contributed by atoms with Gasteiger partial charge in [-0.15, -0.1) is 0 Å². The van der Waals surface area contributed by atoms with Crippen LogP contribution in [-0.2, 0) is 9.59 Å². The molecule has 1 saturated heterocycles. The summed E-state index contributed by atoms with van der Waals surface area (Å²) in [6.07, 6.45) is 3.11. The van der Waals surface area contributed by atoms with Crippen LogP contribution in [0, 0.1) is 0 Å². The molecular formula is C31H42N2O6. The van der Waals surface area contributed by atoms with Crippen molar-refractivity contribution in [3.05, 3.63) is 59.2 Å². The number of hydrogen-bond acceptors (Lipinski definition) is 7. The Kier molecular flexibility index (Phi) is 11.2. The fourth-order valence-electron chi connectivity index (χ4n) is 4.79. The molecule has 0 spiro atoms. The van der Waals surface area contributed by atoms with Gasteiger partial charge in [0.05, 0.1) is 31.9 Å². The molecule has 0 aliphatic carbocycles. The fourth-order valence-corrected chi connectivity index (χ4v) is 4.79. The minimum Gasteiger partial charge on any atom is -0.507 e. The van der Waals surface area contributed by atoms with Crippen LogP contribution < -0.4 is 14.2 Å². The summed E-state index contributed by atoms with van der Waals surface area (Å²) in [6.45, 7) is 11.8. The van der Waals surface area contributed by atoms with Gasteiger partial charge in [0.2, 0.25) is 0 Å². The SMILES string of the molecule is CCCCCOc1ccc(C2C(=C(O)c3ccc(OCC)cc3)C(=O)C(=O)N2CCN(CC)CC)cc1OC. The normalized spacial score (nSPS) is 16.7. The second kappa shape index (κ2) is 14.6. The van der Waals surface area contributed by atoms with Crippen LogP contribution in [0.25, 0.3) is 5.76 Å². The topological polar surface area (TPSA) is 88.5 Å². The summed E-state index contributed by atoms with van der Waals surface area (Å²) >= 11 is 0. The third-order valence-corrected chi connectivity index (χ3v) is 7.04. The number of amides is 1. The Morgan fingerprint density at radius 2 is 1.67 bits per heavy atom. The number of likely N-dealkylation sites (N-methyl/N-ethyl adjacent to an activating group) is 1. The molecule has 8 heteroatoms. The lowest BCUT2D eigenvalue weighted by atomic mass is 9.95. The van der Waals surface area contributed by atoms with Gasteiger partial charge in [-0.3, -0.25) is 9.59 Å². The van der Waals surface area contributed by atoms with Gasteiger partial charge < -0.3 is 29.1 Å². The van der Waals surface area contributed by atoms with Gasteiger partial charge in [0, 0.05) is 18.7 Å². The van der Waals surface area contributed by atoms with Gasteiger partial charge in [-0.25, -0.2) is 0 Å². The first kappa shape index (κ1) is 30.0. The van der Waals surface area contributed by atoms with E-state index in [1.807, 2.05) is 19.1 Å². The zero-order valence-electron chi connectivity index (χ0n) is 23.9. The van der Waals surface area contributed by atoms with E-state index in [4.69, 9.17) is 14.2 Å². The Bertz CT molecular complexity index is 1140. The molecule has 0 aromatic heterocycles. The predicted octanol–water partition coefficient (Wildman–Crippen LogP) is 5.43.